The predicted molar refractivity (Wildman–Crippen MR) is 298 cm³/mol. The molecule has 4 aromatic heterocycles. The molecule has 0 atom stereocenters. The lowest BCUT2D eigenvalue weighted by Gasteiger charge is -2.26. The lowest BCUT2D eigenvalue weighted by atomic mass is 9.82. The average Bonchev–Trinajstić information content (AvgIpc) is 4.30. The van der Waals surface area contributed by atoms with Crippen LogP contribution in [0.25, 0.3) is 121 Å². The predicted octanol–water partition coefficient (Wildman–Crippen LogP) is 15.0. The molecule has 0 aliphatic carbocycles. The minimum atomic E-state index is -0.122. The van der Waals surface area contributed by atoms with E-state index in [1.165, 1.54) is 0 Å². The number of para-hydroxylation sites is 8. The first-order chi connectivity index (χ1) is 37.6. The fraction of sp³-hybridized carbons (Fsp3) is 0. The van der Waals surface area contributed by atoms with E-state index in [-0.39, 0.29) is 67.3 Å². The molecule has 0 aliphatic rings. The molecule has 76 heavy (non-hydrogen) atoms. The molecule has 0 unspecified atom stereocenters. The lowest BCUT2D eigenvalue weighted by molar-refractivity contribution is 1.09. The molecule has 346 valence electrons. The Hall–Kier alpha value is -11.7. The van der Waals surface area contributed by atoms with Crippen LogP contribution in [0.3, 0.4) is 0 Å². The van der Waals surface area contributed by atoms with Crippen molar-refractivity contribution in [2.45, 2.75) is 0 Å². The number of hydrogen-bond donors (Lipinski definition) is 0. The van der Waals surface area contributed by atoms with Gasteiger partial charge in [0.2, 0.25) is 0 Å². The zero-order valence-corrected chi connectivity index (χ0v) is 39.9. The van der Waals surface area contributed by atoms with Gasteiger partial charge in [-0.1, -0.05) is 146 Å². The van der Waals surface area contributed by atoms with Gasteiger partial charge in [0.1, 0.15) is 47.5 Å². The molecule has 0 aliphatic heterocycles. The van der Waals surface area contributed by atoms with Gasteiger partial charge in [-0.25, -0.2) is 0 Å². The SMILES string of the molecule is N#Cc1c(-c2c(C#N)c(-n3c4ccccc4c4ccccc43)c(C#N)c(-n3c4ccccc4c4ccccc43)c2C#N)c(C#N)c(-n2c3ccccc3c3ccccc32)c(C#N)c1-n1c2ccccc2c2ccccc21. The van der Waals surface area contributed by atoms with Crippen LogP contribution in [0.4, 0.5) is 0 Å². The van der Waals surface area contributed by atoms with Crippen molar-refractivity contribution in [2.24, 2.45) is 0 Å². The summed E-state index contributed by atoms with van der Waals surface area (Å²) in [6.07, 6.45) is 0. The Morgan fingerprint density at radius 1 is 0.197 bits per heavy atom. The first-order valence-electron chi connectivity index (χ1n) is 24.4. The summed E-state index contributed by atoms with van der Waals surface area (Å²) in [5, 5.41) is 79.5. The first-order valence-corrected chi connectivity index (χ1v) is 24.4. The van der Waals surface area contributed by atoms with E-state index in [0.29, 0.717) is 44.1 Å². The molecule has 10 aromatic carbocycles. The van der Waals surface area contributed by atoms with Crippen LogP contribution >= 0.6 is 0 Å². The molecule has 0 saturated heterocycles. The molecule has 0 fully saturated rings. The third kappa shape index (κ3) is 5.62. The Morgan fingerprint density at radius 2 is 0.342 bits per heavy atom. The monoisotopic (exact) mass is 964 g/mol. The Kier molecular flexibility index (Phi) is 9.34. The number of nitriles is 6. The summed E-state index contributed by atoms with van der Waals surface area (Å²) in [4.78, 5) is 0. The van der Waals surface area contributed by atoms with Gasteiger partial charge < -0.3 is 18.3 Å². The Balaban J connectivity index is 1.31. The van der Waals surface area contributed by atoms with Crippen LogP contribution in [0, 0.1) is 68.0 Å². The molecule has 4 heterocycles. The van der Waals surface area contributed by atoms with Crippen molar-refractivity contribution >= 4 is 87.2 Å². The Labute approximate surface area is 432 Å². The molecule has 14 aromatic rings. The number of fused-ring (bicyclic) bond motifs is 12. The first kappa shape index (κ1) is 43.2. The van der Waals surface area contributed by atoms with E-state index >= 15 is 0 Å². The van der Waals surface area contributed by atoms with Crippen LogP contribution < -0.4 is 0 Å². The highest BCUT2D eigenvalue weighted by atomic mass is 15.0. The van der Waals surface area contributed by atoms with E-state index in [4.69, 9.17) is 0 Å². The van der Waals surface area contributed by atoms with Gasteiger partial charge in [-0.05, 0) is 48.5 Å². The van der Waals surface area contributed by atoms with Crippen molar-refractivity contribution in [1.82, 2.24) is 18.3 Å². The maximum absolute atomic E-state index is 12.2. The minimum Gasteiger partial charge on any atom is -0.307 e. The van der Waals surface area contributed by atoms with Crippen LogP contribution in [0.2, 0.25) is 0 Å². The van der Waals surface area contributed by atoms with Crippen molar-refractivity contribution in [3.8, 4) is 70.3 Å². The average molecular weight is 965 g/mol. The molecular weight excluding hydrogens is 933 g/mol. The largest absolute Gasteiger partial charge is 0.307 e. The highest BCUT2D eigenvalue weighted by Crippen LogP contribution is 2.50. The van der Waals surface area contributed by atoms with Crippen molar-refractivity contribution in [3.05, 3.63) is 228 Å². The van der Waals surface area contributed by atoms with Crippen molar-refractivity contribution in [2.75, 3.05) is 0 Å². The highest BCUT2D eigenvalue weighted by Gasteiger charge is 2.37. The maximum Gasteiger partial charge on any atom is 0.104 e. The van der Waals surface area contributed by atoms with Gasteiger partial charge in [0.05, 0.1) is 89.1 Å². The van der Waals surface area contributed by atoms with E-state index < -0.39 is 0 Å². The molecular formula is C66H32N10. The van der Waals surface area contributed by atoms with Gasteiger partial charge in [0.15, 0.2) is 0 Å². The summed E-state index contributed by atoms with van der Waals surface area (Å²) in [6, 6.07) is 77.1. The van der Waals surface area contributed by atoms with Crippen LogP contribution in [-0.4, -0.2) is 18.3 Å². The molecule has 0 saturated carbocycles. The van der Waals surface area contributed by atoms with E-state index in [0.717, 1.165) is 43.1 Å². The second-order valence-corrected chi connectivity index (χ2v) is 18.5. The van der Waals surface area contributed by atoms with Crippen molar-refractivity contribution in [1.29, 1.82) is 31.6 Å². The second-order valence-electron chi connectivity index (χ2n) is 18.5. The number of rotatable bonds is 5. The number of nitrogens with zero attached hydrogens (tertiary/aromatic N) is 10. The Bertz CT molecular complexity index is 4360. The fourth-order valence-electron chi connectivity index (χ4n) is 12.1. The molecule has 10 nitrogen and oxygen atoms in total. The highest BCUT2D eigenvalue weighted by molar-refractivity contribution is 6.15. The van der Waals surface area contributed by atoms with E-state index in [1.807, 2.05) is 212 Å². The number of hydrogen-bond acceptors (Lipinski definition) is 6. The van der Waals surface area contributed by atoms with Crippen molar-refractivity contribution in [3.63, 3.8) is 0 Å². The summed E-state index contributed by atoms with van der Waals surface area (Å²) in [5.74, 6) is 0. The van der Waals surface area contributed by atoms with E-state index in [1.54, 1.807) is 0 Å². The maximum atomic E-state index is 12.2. The summed E-state index contributed by atoms with van der Waals surface area (Å²) < 4.78 is 7.58. The number of aromatic nitrogens is 4. The summed E-state index contributed by atoms with van der Waals surface area (Å²) >= 11 is 0. The third-order valence-corrected chi connectivity index (χ3v) is 15.0. The molecule has 14 rings (SSSR count). The zero-order chi connectivity index (χ0) is 51.3. The summed E-state index contributed by atoms with van der Waals surface area (Å²) in [6.45, 7) is 0. The van der Waals surface area contributed by atoms with Gasteiger partial charge in [-0.15, -0.1) is 0 Å². The van der Waals surface area contributed by atoms with Crippen LogP contribution in [-0.2, 0) is 0 Å². The van der Waals surface area contributed by atoms with Crippen LogP contribution in [0.1, 0.15) is 33.4 Å². The molecule has 0 spiro atoms. The smallest absolute Gasteiger partial charge is 0.104 e. The molecule has 0 bridgehead atoms. The summed E-state index contributed by atoms with van der Waals surface area (Å²) in [5.41, 5.74) is 5.52. The molecule has 10 heteroatoms. The standard InChI is InChI=1S/C66H32N10/c67-33-47-61(48(34-68)64(74-55-27-11-3-19-41(55)42-20-4-12-28-56(42)74)51(37-71)63(47)73-53-25-9-1-17-39(53)40-18-2-10-26-54(40)73)62-49(35-69)65(75-57-29-13-5-21-43(57)44-22-6-14-30-58(44)75)52(38-72)66(50(62)36-70)76-59-31-15-7-23-45(59)46-24-8-16-32-60(46)76/h1-32H. The van der Waals surface area contributed by atoms with Crippen LogP contribution in [0.5, 0.6) is 0 Å². The molecule has 0 amide bonds. The third-order valence-electron chi connectivity index (χ3n) is 15.0. The quantitative estimate of drug-likeness (QED) is 0.167. The Morgan fingerprint density at radius 3 is 0.487 bits per heavy atom. The van der Waals surface area contributed by atoms with Gasteiger partial charge in [0.25, 0.3) is 0 Å². The second kappa shape index (κ2) is 16.4. The lowest BCUT2D eigenvalue weighted by Crippen LogP contribution is -2.15. The van der Waals surface area contributed by atoms with Gasteiger partial charge in [-0.3, -0.25) is 0 Å². The number of benzene rings is 10. The van der Waals surface area contributed by atoms with Gasteiger partial charge in [-0.2, -0.15) is 31.6 Å². The van der Waals surface area contributed by atoms with E-state index in [9.17, 15) is 31.6 Å². The molecule has 0 radical (unpaired) electrons. The minimum absolute atomic E-state index is 0.0192. The normalized spacial score (nSPS) is 11.3. The van der Waals surface area contributed by atoms with Gasteiger partial charge >= 0.3 is 0 Å². The fourth-order valence-corrected chi connectivity index (χ4v) is 12.1. The van der Waals surface area contributed by atoms with E-state index in [2.05, 4.69) is 36.4 Å². The van der Waals surface area contributed by atoms with Gasteiger partial charge in [0, 0.05) is 54.2 Å². The van der Waals surface area contributed by atoms with Crippen molar-refractivity contribution < 1.29 is 0 Å². The topological polar surface area (TPSA) is 162 Å². The summed E-state index contributed by atoms with van der Waals surface area (Å²) in [7, 11) is 0. The molecule has 0 N–H and O–H groups in total. The zero-order valence-electron chi connectivity index (χ0n) is 39.9. The van der Waals surface area contributed by atoms with Crippen LogP contribution in [0.15, 0.2) is 194 Å².